The molecule has 0 saturated carbocycles. The number of methoxy groups -OCH3 is 2. The smallest absolute Gasteiger partial charge is 0.319 e. The molecule has 0 unspecified atom stereocenters. The lowest BCUT2D eigenvalue weighted by molar-refractivity contribution is -0.385. The maximum atomic E-state index is 12.9. The number of anilines is 2. The number of nitro benzene ring substituents is 2. The Hall–Kier alpha value is -6.98. The summed E-state index contributed by atoms with van der Waals surface area (Å²) in [7, 11) is 3.33. The molecular weight excluding hydrogens is 1430 g/mol. The molecule has 4 N–H and O–H groups in total. The van der Waals surface area contributed by atoms with Crippen molar-refractivity contribution >= 4 is 81.9 Å². The highest BCUT2D eigenvalue weighted by Crippen LogP contribution is 2.39. The van der Waals surface area contributed by atoms with Crippen LogP contribution in [0, 0.1) is 27.2 Å². The monoisotopic (exact) mass is 1540 g/mol. The van der Waals surface area contributed by atoms with Gasteiger partial charge >= 0.3 is 12.1 Å². The summed E-state index contributed by atoms with van der Waals surface area (Å²) in [6.07, 6.45) is 9.76. The van der Waals surface area contributed by atoms with Gasteiger partial charge in [0.2, 0.25) is 0 Å². The van der Waals surface area contributed by atoms with Crippen LogP contribution in [0.2, 0.25) is 0 Å². The van der Waals surface area contributed by atoms with Crippen LogP contribution in [0.1, 0.15) is 115 Å². The summed E-state index contributed by atoms with van der Waals surface area (Å²) < 4.78 is 59.8. The van der Waals surface area contributed by atoms with Crippen LogP contribution >= 0.6 is 47.0 Å². The lowest BCUT2D eigenvalue weighted by Gasteiger charge is -2.23. The molecule has 0 radical (unpaired) electrons. The van der Waals surface area contributed by atoms with Gasteiger partial charge in [0.05, 0.1) is 102 Å². The largest absolute Gasteiger partial charge is 0.493 e. The summed E-state index contributed by atoms with van der Waals surface area (Å²) in [5, 5.41) is 33.7. The predicted octanol–water partition coefficient (Wildman–Crippen LogP) is 16.3. The number of unbranched alkanes of at least 4 members (excludes halogenated alkanes) is 2. The van der Waals surface area contributed by atoms with E-state index in [1.54, 1.807) is 14.2 Å². The summed E-state index contributed by atoms with van der Waals surface area (Å²) in [5.74, 6) is 11.5. The molecule has 0 aromatic heterocycles. The van der Waals surface area contributed by atoms with Gasteiger partial charge in [-0.3, -0.25) is 20.2 Å². The first kappa shape index (κ1) is 87.9. The van der Waals surface area contributed by atoms with Crippen molar-refractivity contribution in [2.45, 2.75) is 104 Å². The van der Waals surface area contributed by atoms with Crippen molar-refractivity contribution in [1.29, 1.82) is 0 Å². The molecule has 106 heavy (non-hydrogen) atoms. The van der Waals surface area contributed by atoms with E-state index in [4.69, 9.17) is 47.4 Å². The lowest BCUT2D eigenvalue weighted by Crippen LogP contribution is -2.29. The molecule has 6 aromatic carbocycles. The molecule has 0 spiro atoms. The number of benzene rings is 6. The van der Waals surface area contributed by atoms with E-state index in [0.717, 1.165) is 141 Å². The topological polar surface area (TPSA) is 261 Å². The number of urea groups is 2. The third-order valence-electron chi connectivity index (χ3n) is 16.6. The van der Waals surface area contributed by atoms with Crippen molar-refractivity contribution in [3.05, 3.63) is 186 Å². The molecule has 582 valence electrons. The molecule has 4 amide bonds. The van der Waals surface area contributed by atoms with Crippen LogP contribution in [0.3, 0.4) is 0 Å². The van der Waals surface area contributed by atoms with Crippen LogP contribution in [-0.2, 0) is 60.5 Å². The molecule has 0 fully saturated rings. The second-order valence-corrected chi connectivity index (χ2v) is 29.8. The summed E-state index contributed by atoms with van der Waals surface area (Å²) in [6.45, 7) is 15.1. The quantitative estimate of drug-likeness (QED) is 0.0157. The standard InChI is InChI=1S/C80H112N6O16S4/c1-6-36-101-77-62(3)16-12-18-66(77)60-73-64(21-15-51-104-55-57-106-53-49-98-47-45-96-43-41-94-5)23-33-76(100-39-11-9-35-82-80(88)84-70-26-30-72(31-27-70)86(91)92)74(73)61-67-20-13-19-65(78(67)102-37-7-2)59-68-58-63(17-14-50-103-54-56-105-52-48-97-46-44-95-42-40-93-4)22-32-75(68)99-38-10-8-34-81-79(87)83-69-24-28-71(29-25-69)85(89)90/h12-13,16,18-20,22-33,58H,6-11,14-15,17,21,34-57,59-61H2,1-5H3,(H2,81,83,87)(H2,82,84,88). The Morgan fingerprint density at radius 2 is 0.858 bits per heavy atom. The van der Waals surface area contributed by atoms with Gasteiger partial charge in [-0.15, -0.1) is 0 Å². The molecule has 0 atom stereocenters. The van der Waals surface area contributed by atoms with Gasteiger partial charge < -0.3 is 68.6 Å². The molecule has 6 rings (SSSR count). The van der Waals surface area contributed by atoms with E-state index >= 15 is 0 Å². The number of carbonyl (C=O) groups is 2. The number of thioether (sulfide) groups is 4. The molecule has 0 bridgehead atoms. The number of para-hydroxylation sites is 2. The summed E-state index contributed by atoms with van der Waals surface area (Å²) in [5.41, 5.74) is 10.9. The molecule has 0 aliphatic carbocycles. The minimum Gasteiger partial charge on any atom is -0.493 e. The first-order valence-corrected chi connectivity index (χ1v) is 41.7. The first-order chi connectivity index (χ1) is 51.9. The maximum Gasteiger partial charge on any atom is 0.319 e. The second-order valence-electron chi connectivity index (χ2n) is 24.9. The minimum atomic E-state index is -0.478. The van der Waals surface area contributed by atoms with Crippen LogP contribution < -0.4 is 40.2 Å². The number of nitrogens with zero attached hydrogens (tertiary/aromatic N) is 2. The van der Waals surface area contributed by atoms with Gasteiger partial charge in [-0.2, -0.15) is 47.0 Å². The number of nitrogens with one attached hydrogen (secondary N) is 4. The van der Waals surface area contributed by atoms with Gasteiger partial charge in [0, 0.05) is 122 Å². The van der Waals surface area contributed by atoms with Gasteiger partial charge in [0.15, 0.2) is 0 Å². The highest BCUT2D eigenvalue weighted by molar-refractivity contribution is 8.03. The zero-order valence-electron chi connectivity index (χ0n) is 62.7. The highest BCUT2D eigenvalue weighted by atomic mass is 32.2. The number of carbonyl (C=O) groups excluding carboxylic acids is 2. The molecular formula is C80H112N6O16S4. The van der Waals surface area contributed by atoms with Crippen molar-refractivity contribution in [2.24, 2.45) is 0 Å². The van der Waals surface area contributed by atoms with E-state index in [0.29, 0.717) is 162 Å². The third kappa shape index (κ3) is 35.4. The fourth-order valence-corrected chi connectivity index (χ4v) is 15.1. The van der Waals surface area contributed by atoms with Gasteiger partial charge in [-0.05, 0) is 164 Å². The normalized spacial score (nSPS) is 11.2. The fourth-order valence-electron chi connectivity index (χ4n) is 11.2. The average Bonchev–Trinajstić information content (AvgIpc) is 0.786. The zero-order valence-corrected chi connectivity index (χ0v) is 66.0. The lowest BCUT2D eigenvalue weighted by atomic mass is 9.87. The van der Waals surface area contributed by atoms with Crippen LogP contribution in [0.15, 0.2) is 115 Å². The van der Waals surface area contributed by atoms with Crippen molar-refractivity contribution in [3.8, 4) is 23.0 Å². The molecule has 26 heteroatoms. The number of aryl methyl sites for hydroxylation is 3. The van der Waals surface area contributed by atoms with Crippen LogP contribution in [-0.4, -0.2) is 188 Å². The Morgan fingerprint density at radius 3 is 1.39 bits per heavy atom. The Kier molecular flexibility index (Phi) is 45.3. The highest BCUT2D eigenvalue weighted by Gasteiger charge is 2.23. The van der Waals surface area contributed by atoms with Crippen molar-refractivity contribution in [2.75, 3.05) is 176 Å². The molecule has 22 nitrogen and oxygen atoms in total. The van der Waals surface area contributed by atoms with E-state index in [-0.39, 0.29) is 11.4 Å². The van der Waals surface area contributed by atoms with Crippen molar-refractivity contribution < 1.29 is 66.8 Å². The molecule has 0 aliphatic rings. The Morgan fingerprint density at radius 1 is 0.406 bits per heavy atom. The number of hydrogen-bond acceptors (Lipinski definition) is 20. The SMILES string of the molecule is CCCOc1c(C)cccc1Cc1c(CCCSCCSCCOCCOCCOC)ccc(OCCCCNC(=O)Nc2ccc([N+](=O)[O-])cc2)c1Cc1cccc(Cc2cc(CCCSCCSCCOCCOCCOC)ccc2OCCCCNC(=O)Nc2ccc([N+](=O)[O-])cc2)c1OCCC. The predicted molar refractivity (Wildman–Crippen MR) is 433 cm³/mol. The van der Waals surface area contributed by atoms with Crippen LogP contribution in [0.25, 0.3) is 0 Å². The van der Waals surface area contributed by atoms with Crippen LogP contribution in [0.4, 0.5) is 32.3 Å². The van der Waals surface area contributed by atoms with Gasteiger partial charge in [-0.25, -0.2) is 9.59 Å². The summed E-state index contributed by atoms with van der Waals surface area (Å²) in [6, 6.07) is 34.5. The van der Waals surface area contributed by atoms with Crippen LogP contribution in [0.5, 0.6) is 23.0 Å². The maximum absolute atomic E-state index is 12.9. The van der Waals surface area contributed by atoms with E-state index in [9.17, 15) is 29.8 Å². The summed E-state index contributed by atoms with van der Waals surface area (Å²) in [4.78, 5) is 47.1. The van der Waals surface area contributed by atoms with Gasteiger partial charge in [0.25, 0.3) is 11.4 Å². The van der Waals surface area contributed by atoms with Gasteiger partial charge in [-0.1, -0.05) is 68.4 Å². The molecule has 6 aromatic rings. The number of non-ortho nitro benzene ring substituents is 2. The Bertz CT molecular complexity index is 3470. The van der Waals surface area contributed by atoms with Crippen molar-refractivity contribution in [3.63, 3.8) is 0 Å². The number of amides is 4. The average molecular weight is 1540 g/mol. The fraction of sp³-hybridized carbons (Fsp3) is 0.525. The second kappa shape index (κ2) is 54.6. The minimum absolute atomic E-state index is 0.0534. The first-order valence-electron chi connectivity index (χ1n) is 37.0. The Balaban J connectivity index is 1.24. The third-order valence-corrected chi connectivity index (χ3v) is 21.1. The zero-order chi connectivity index (χ0) is 75.5. The number of hydrogen-bond donors (Lipinski definition) is 4. The van der Waals surface area contributed by atoms with E-state index in [2.05, 4.69) is 109 Å². The van der Waals surface area contributed by atoms with Gasteiger partial charge in [0.1, 0.15) is 23.0 Å². The number of rotatable bonds is 60. The molecule has 0 saturated heterocycles. The van der Waals surface area contributed by atoms with Crippen molar-refractivity contribution in [1.82, 2.24) is 10.6 Å². The molecule has 0 aliphatic heterocycles. The Labute approximate surface area is 644 Å². The van der Waals surface area contributed by atoms with E-state index < -0.39 is 21.9 Å². The summed E-state index contributed by atoms with van der Waals surface area (Å²) >= 11 is 7.79. The van der Waals surface area contributed by atoms with E-state index in [1.807, 2.05) is 47.0 Å². The van der Waals surface area contributed by atoms with E-state index in [1.165, 1.54) is 65.2 Å². The number of nitro groups is 2. The number of ether oxygens (including phenoxy) is 10. The molecule has 0 heterocycles.